The van der Waals surface area contributed by atoms with E-state index in [-0.39, 0.29) is 10.6 Å². The molecule has 106 valence electrons. The lowest BCUT2D eigenvalue weighted by molar-refractivity contribution is -0.140. The monoisotopic (exact) mass is 307 g/mol. The number of likely N-dealkylation sites (N-methyl/N-ethyl adjacent to an activating group) is 1. The molecule has 0 saturated carbocycles. The maximum Gasteiger partial charge on any atom is 0.321 e. The summed E-state index contributed by atoms with van der Waals surface area (Å²) in [4.78, 5) is 10.7. The van der Waals surface area contributed by atoms with E-state index in [4.69, 9.17) is 21.4 Å². The van der Waals surface area contributed by atoms with Gasteiger partial charge in [-0.05, 0) is 19.1 Å². The summed E-state index contributed by atoms with van der Waals surface area (Å²) >= 11 is 5.76. The molecular weight excluding hydrogens is 294 g/mol. The van der Waals surface area contributed by atoms with Crippen LogP contribution in [0.4, 0.5) is 0 Å². The molecule has 6 nitrogen and oxygen atoms in total. The molecule has 0 fully saturated rings. The van der Waals surface area contributed by atoms with Crippen LogP contribution in [0, 0.1) is 0 Å². The standard InChI is InChI=1S/C11H14ClNO5S/c1-7(11(14)15)13(2)19(16,17)10-5-4-8(12)6-9(10)18-3/h4-7H,1-3H3,(H,14,15)/t7-/m0/s1. The zero-order chi connectivity index (χ0) is 14.8. The second kappa shape index (κ2) is 5.77. The number of carboxylic acid groups (broad SMARTS) is 1. The van der Waals surface area contributed by atoms with Gasteiger partial charge in [-0.2, -0.15) is 4.31 Å². The molecule has 0 heterocycles. The van der Waals surface area contributed by atoms with Crippen LogP contribution in [0.25, 0.3) is 0 Å². The fourth-order valence-corrected chi connectivity index (χ4v) is 2.99. The molecule has 0 aliphatic heterocycles. The number of ether oxygens (including phenoxy) is 1. The Hall–Kier alpha value is -1.31. The second-order valence-corrected chi connectivity index (χ2v) is 6.23. The molecular formula is C11H14ClNO5S. The molecule has 0 bridgehead atoms. The van der Waals surface area contributed by atoms with Crippen LogP contribution in [0.5, 0.6) is 5.75 Å². The number of hydrogen-bond acceptors (Lipinski definition) is 4. The van der Waals surface area contributed by atoms with Gasteiger partial charge >= 0.3 is 5.97 Å². The number of halogens is 1. The molecule has 0 aliphatic rings. The average molecular weight is 308 g/mol. The molecule has 8 heteroatoms. The van der Waals surface area contributed by atoms with Gasteiger partial charge in [-0.15, -0.1) is 0 Å². The number of benzene rings is 1. The van der Waals surface area contributed by atoms with Crippen molar-refractivity contribution >= 4 is 27.6 Å². The van der Waals surface area contributed by atoms with Crippen molar-refractivity contribution < 1.29 is 23.1 Å². The molecule has 1 aromatic carbocycles. The van der Waals surface area contributed by atoms with Crippen LogP contribution in [-0.4, -0.2) is 44.0 Å². The predicted octanol–water partition coefficient (Wildman–Crippen LogP) is 1.44. The Bertz CT molecular complexity index is 587. The molecule has 0 unspecified atom stereocenters. The third kappa shape index (κ3) is 3.17. The van der Waals surface area contributed by atoms with Gasteiger partial charge in [0.15, 0.2) is 0 Å². The molecule has 0 spiro atoms. The quantitative estimate of drug-likeness (QED) is 0.890. The normalized spacial score (nSPS) is 13.3. The van der Waals surface area contributed by atoms with E-state index in [1.807, 2.05) is 0 Å². The summed E-state index contributed by atoms with van der Waals surface area (Å²) in [6.07, 6.45) is 0. The van der Waals surface area contributed by atoms with Crippen molar-refractivity contribution in [1.29, 1.82) is 0 Å². The highest BCUT2D eigenvalue weighted by molar-refractivity contribution is 7.89. The molecule has 0 aliphatic carbocycles. The summed E-state index contributed by atoms with van der Waals surface area (Å²) in [5, 5.41) is 9.20. The van der Waals surface area contributed by atoms with Gasteiger partial charge in [0.25, 0.3) is 0 Å². The largest absolute Gasteiger partial charge is 0.495 e. The Morgan fingerprint density at radius 2 is 2.05 bits per heavy atom. The van der Waals surface area contributed by atoms with Crippen LogP contribution in [0.1, 0.15) is 6.92 Å². The van der Waals surface area contributed by atoms with E-state index in [9.17, 15) is 13.2 Å². The first-order valence-electron chi connectivity index (χ1n) is 5.26. The lowest BCUT2D eigenvalue weighted by atomic mass is 10.3. The Balaban J connectivity index is 3.31. The van der Waals surface area contributed by atoms with Crippen LogP contribution in [0.15, 0.2) is 23.1 Å². The van der Waals surface area contributed by atoms with Crippen LogP contribution in [0.2, 0.25) is 5.02 Å². The van der Waals surface area contributed by atoms with E-state index in [1.54, 1.807) is 0 Å². The van der Waals surface area contributed by atoms with E-state index in [0.29, 0.717) is 5.02 Å². The average Bonchev–Trinajstić information content (AvgIpc) is 2.36. The highest BCUT2D eigenvalue weighted by Gasteiger charge is 2.31. The van der Waals surface area contributed by atoms with Crippen molar-refractivity contribution in [3.8, 4) is 5.75 Å². The molecule has 0 saturated heterocycles. The summed E-state index contributed by atoms with van der Waals surface area (Å²) < 4.78 is 30.3. The van der Waals surface area contributed by atoms with Crippen LogP contribution >= 0.6 is 11.6 Å². The summed E-state index contributed by atoms with van der Waals surface area (Å²) in [5.41, 5.74) is 0. The van der Waals surface area contributed by atoms with E-state index < -0.39 is 22.0 Å². The second-order valence-electron chi connectivity index (χ2n) is 3.83. The van der Waals surface area contributed by atoms with Gasteiger partial charge in [-0.1, -0.05) is 11.6 Å². The van der Waals surface area contributed by atoms with Crippen molar-refractivity contribution in [3.63, 3.8) is 0 Å². The first kappa shape index (κ1) is 15.7. The number of carbonyl (C=O) groups is 1. The third-order valence-corrected chi connectivity index (χ3v) is 4.89. The first-order chi connectivity index (χ1) is 8.71. The Morgan fingerprint density at radius 3 is 2.53 bits per heavy atom. The summed E-state index contributed by atoms with van der Waals surface area (Å²) in [5.74, 6) is -1.17. The van der Waals surface area contributed by atoms with Crippen molar-refractivity contribution in [2.75, 3.05) is 14.2 Å². The SMILES string of the molecule is COc1cc(Cl)ccc1S(=O)(=O)N(C)[C@@H](C)C(=O)O. The van der Waals surface area contributed by atoms with Gasteiger partial charge in [0, 0.05) is 18.1 Å². The lowest BCUT2D eigenvalue weighted by Gasteiger charge is -2.22. The number of sulfonamides is 1. The maximum absolute atomic E-state index is 12.3. The predicted molar refractivity (Wildman–Crippen MR) is 70.1 cm³/mol. The molecule has 0 amide bonds. The fraction of sp³-hybridized carbons (Fsp3) is 0.364. The number of nitrogens with zero attached hydrogens (tertiary/aromatic N) is 1. The molecule has 0 radical (unpaired) electrons. The van der Waals surface area contributed by atoms with Gasteiger partial charge in [-0.3, -0.25) is 4.79 Å². The minimum atomic E-state index is -3.97. The van der Waals surface area contributed by atoms with E-state index in [0.717, 1.165) is 4.31 Å². The Kier molecular flexibility index (Phi) is 4.78. The summed E-state index contributed by atoms with van der Waals surface area (Å²) in [7, 11) is -1.47. The van der Waals surface area contributed by atoms with Crippen LogP contribution in [0.3, 0.4) is 0 Å². The molecule has 1 rings (SSSR count). The van der Waals surface area contributed by atoms with E-state index in [1.165, 1.54) is 39.3 Å². The highest BCUT2D eigenvalue weighted by atomic mass is 35.5. The molecule has 19 heavy (non-hydrogen) atoms. The van der Waals surface area contributed by atoms with E-state index >= 15 is 0 Å². The number of aliphatic carboxylic acids is 1. The first-order valence-corrected chi connectivity index (χ1v) is 7.08. The van der Waals surface area contributed by atoms with Gasteiger partial charge < -0.3 is 9.84 Å². The van der Waals surface area contributed by atoms with Crippen LogP contribution < -0.4 is 4.74 Å². The minimum absolute atomic E-state index is 0.0666. The Morgan fingerprint density at radius 1 is 1.47 bits per heavy atom. The zero-order valence-electron chi connectivity index (χ0n) is 10.6. The van der Waals surface area contributed by atoms with E-state index in [2.05, 4.69) is 0 Å². The maximum atomic E-state index is 12.3. The Labute approximate surface area is 116 Å². The van der Waals surface area contributed by atoms with Crippen molar-refractivity contribution in [2.24, 2.45) is 0 Å². The number of methoxy groups -OCH3 is 1. The van der Waals surface area contributed by atoms with Crippen molar-refractivity contribution in [1.82, 2.24) is 4.31 Å². The zero-order valence-corrected chi connectivity index (χ0v) is 12.2. The lowest BCUT2D eigenvalue weighted by Crippen LogP contribution is -2.40. The fourth-order valence-electron chi connectivity index (χ4n) is 1.37. The van der Waals surface area contributed by atoms with Crippen molar-refractivity contribution in [2.45, 2.75) is 17.9 Å². The van der Waals surface area contributed by atoms with Gasteiger partial charge in [0.1, 0.15) is 16.7 Å². The smallest absolute Gasteiger partial charge is 0.321 e. The molecule has 1 aromatic rings. The van der Waals surface area contributed by atoms with Gasteiger partial charge in [0.05, 0.1) is 7.11 Å². The van der Waals surface area contributed by atoms with Crippen LogP contribution in [-0.2, 0) is 14.8 Å². The highest BCUT2D eigenvalue weighted by Crippen LogP contribution is 2.29. The summed E-state index contributed by atoms with van der Waals surface area (Å²) in [6, 6.07) is 2.84. The summed E-state index contributed by atoms with van der Waals surface area (Å²) in [6.45, 7) is 1.28. The number of rotatable bonds is 5. The molecule has 0 aromatic heterocycles. The number of carboxylic acids is 1. The van der Waals surface area contributed by atoms with Gasteiger partial charge in [-0.25, -0.2) is 8.42 Å². The third-order valence-electron chi connectivity index (χ3n) is 2.69. The molecule has 1 atom stereocenters. The van der Waals surface area contributed by atoms with Crippen molar-refractivity contribution in [3.05, 3.63) is 23.2 Å². The topological polar surface area (TPSA) is 83.9 Å². The van der Waals surface area contributed by atoms with Gasteiger partial charge in [0.2, 0.25) is 10.0 Å². The molecule has 1 N–H and O–H groups in total. The number of hydrogen-bond donors (Lipinski definition) is 1. The minimum Gasteiger partial charge on any atom is -0.495 e.